The highest BCUT2D eigenvalue weighted by atomic mass is 32.2. The molecule has 0 aromatic heterocycles. The van der Waals surface area contributed by atoms with E-state index in [0.717, 1.165) is 22.0 Å². The molecule has 28 heavy (non-hydrogen) atoms. The van der Waals surface area contributed by atoms with Gasteiger partial charge in [-0.25, -0.2) is 0 Å². The number of hydrogen-bond donors (Lipinski definition) is 2. The number of allylic oxidation sites excluding steroid dienone is 2. The Morgan fingerprint density at radius 2 is 1.18 bits per heavy atom. The minimum absolute atomic E-state index is 0.762. The molecule has 0 N–H and O–H groups in total. The zero-order valence-corrected chi connectivity index (χ0v) is 22.2. The summed E-state index contributed by atoms with van der Waals surface area (Å²) in [5, 5.41) is 1.57. The summed E-state index contributed by atoms with van der Waals surface area (Å²) >= 11 is 13.3. The van der Waals surface area contributed by atoms with Crippen molar-refractivity contribution in [3.05, 3.63) is 12.2 Å². The summed E-state index contributed by atoms with van der Waals surface area (Å²) in [5.74, 6) is 4.48. The normalized spacial score (nSPS) is 14.0. The predicted molar refractivity (Wildman–Crippen MR) is 145 cm³/mol. The van der Waals surface area contributed by atoms with Gasteiger partial charge in [-0.15, -0.1) is 0 Å². The minimum Gasteiger partial charge on any atom is -0.179 e. The minimum atomic E-state index is 0.762. The van der Waals surface area contributed by atoms with Gasteiger partial charge in [-0.1, -0.05) is 70.9 Å². The van der Waals surface area contributed by atoms with Crippen LogP contribution in [0.2, 0.25) is 0 Å². The molecule has 2 atom stereocenters. The van der Waals surface area contributed by atoms with Crippen LogP contribution >= 0.6 is 48.8 Å². The number of thiol groups is 2. The number of thioether (sulfide) groups is 2. The molecule has 0 amide bonds. The van der Waals surface area contributed by atoms with E-state index in [2.05, 4.69) is 74.8 Å². The standard InChI is InChI=1S/C24H48S4/c1-3-5-6-7-8-9-10-11-12-13-14-15-16-17-23(27-21-4-2)24(18-19-25)28-22-20-26/h11-12,23-26H,3-10,13-22H2,1-2H3. The molecule has 0 saturated heterocycles. The molecule has 0 heterocycles. The molecule has 0 spiro atoms. The zero-order chi connectivity index (χ0) is 20.7. The Morgan fingerprint density at radius 1 is 0.607 bits per heavy atom. The van der Waals surface area contributed by atoms with Gasteiger partial charge < -0.3 is 0 Å². The van der Waals surface area contributed by atoms with E-state index in [1.54, 1.807) is 0 Å². The van der Waals surface area contributed by atoms with Crippen molar-refractivity contribution in [1.82, 2.24) is 0 Å². The molecule has 0 saturated carbocycles. The Bertz CT molecular complexity index is 320. The van der Waals surface area contributed by atoms with Crippen LogP contribution in [0.15, 0.2) is 12.2 Å². The average molecular weight is 465 g/mol. The fraction of sp³-hybridized carbons (Fsp3) is 0.917. The van der Waals surface area contributed by atoms with E-state index in [4.69, 9.17) is 0 Å². The molecule has 0 aliphatic carbocycles. The topological polar surface area (TPSA) is 0 Å². The highest BCUT2D eigenvalue weighted by Crippen LogP contribution is 2.32. The van der Waals surface area contributed by atoms with Crippen molar-refractivity contribution in [3.8, 4) is 0 Å². The third-order valence-corrected chi connectivity index (χ3v) is 9.06. The largest absolute Gasteiger partial charge is 0.179 e. The van der Waals surface area contributed by atoms with E-state index in [9.17, 15) is 0 Å². The van der Waals surface area contributed by atoms with Crippen molar-refractivity contribution < 1.29 is 0 Å². The van der Waals surface area contributed by atoms with Crippen molar-refractivity contribution in [2.75, 3.05) is 23.0 Å². The van der Waals surface area contributed by atoms with Crippen LogP contribution in [0, 0.1) is 0 Å². The molecule has 0 aliphatic rings. The van der Waals surface area contributed by atoms with Gasteiger partial charge in [-0.3, -0.25) is 0 Å². The number of hydrogen-bond acceptors (Lipinski definition) is 4. The summed E-state index contributed by atoms with van der Waals surface area (Å²) in [6, 6.07) is 0. The van der Waals surface area contributed by atoms with Crippen LogP contribution in [0.4, 0.5) is 0 Å². The van der Waals surface area contributed by atoms with Gasteiger partial charge in [0.15, 0.2) is 0 Å². The second-order valence-electron chi connectivity index (χ2n) is 7.72. The van der Waals surface area contributed by atoms with Crippen LogP contribution in [0.1, 0.15) is 104 Å². The Hall–Kier alpha value is 1.14. The van der Waals surface area contributed by atoms with Gasteiger partial charge in [0.25, 0.3) is 0 Å². The van der Waals surface area contributed by atoms with E-state index in [1.165, 1.54) is 101 Å². The fourth-order valence-corrected chi connectivity index (χ4v) is 6.92. The second-order valence-corrected chi connectivity index (χ2v) is 11.3. The first-order valence-corrected chi connectivity index (χ1v) is 15.3. The molecule has 0 aromatic rings. The molecule has 0 bridgehead atoms. The summed E-state index contributed by atoms with van der Waals surface area (Å²) in [5.41, 5.74) is 0. The van der Waals surface area contributed by atoms with Gasteiger partial charge in [0, 0.05) is 16.3 Å². The molecule has 0 rings (SSSR count). The Balaban J connectivity index is 3.86. The predicted octanol–water partition coefficient (Wildman–Crippen LogP) is 9.11. The molecule has 0 aliphatic heterocycles. The quantitative estimate of drug-likeness (QED) is 0.0931. The Morgan fingerprint density at radius 3 is 1.79 bits per heavy atom. The lowest BCUT2D eigenvalue weighted by molar-refractivity contribution is 0.607. The first-order valence-electron chi connectivity index (χ1n) is 11.9. The van der Waals surface area contributed by atoms with E-state index in [-0.39, 0.29) is 0 Å². The first kappa shape index (κ1) is 29.1. The molecular weight excluding hydrogens is 417 g/mol. The summed E-state index contributed by atoms with van der Waals surface area (Å²) < 4.78 is 0. The Labute approximate surface area is 197 Å². The highest BCUT2D eigenvalue weighted by Gasteiger charge is 2.21. The lowest BCUT2D eigenvalue weighted by atomic mass is 10.1. The van der Waals surface area contributed by atoms with Gasteiger partial charge in [0.1, 0.15) is 0 Å². The van der Waals surface area contributed by atoms with Gasteiger partial charge >= 0.3 is 0 Å². The third kappa shape index (κ3) is 19.1. The molecule has 2 unspecified atom stereocenters. The molecule has 0 radical (unpaired) electrons. The summed E-state index contributed by atoms with van der Waals surface area (Å²) in [6.45, 7) is 4.59. The average Bonchev–Trinajstić information content (AvgIpc) is 2.71. The van der Waals surface area contributed by atoms with Crippen LogP contribution < -0.4 is 0 Å². The van der Waals surface area contributed by atoms with Crippen molar-refractivity contribution in [1.29, 1.82) is 0 Å². The highest BCUT2D eigenvalue weighted by molar-refractivity contribution is 8.04. The smallest absolute Gasteiger partial charge is 0.0174 e. The fourth-order valence-electron chi connectivity index (χ4n) is 3.42. The molecule has 0 aromatic carbocycles. The maximum absolute atomic E-state index is 4.51. The first-order chi connectivity index (χ1) is 13.8. The summed E-state index contributed by atoms with van der Waals surface area (Å²) in [7, 11) is 0. The van der Waals surface area contributed by atoms with Crippen molar-refractivity contribution in [3.63, 3.8) is 0 Å². The zero-order valence-electron chi connectivity index (χ0n) is 18.7. The number of unbranched alkanes of at least 4 members (excludes halogenated alkanes) is 9. The SMILES string of the molecule is CCCCCCCCC=CCCCCCC(SCCC)C(CCS)SCCS. The lowest BCUT2D eigenvalue weighted by Crippen LogP contribution is -2.22. The molecule has 168 valence electrons. The van der Waals surface area contributed by atoms with E-state index in [0.29, 0.717) is 0 Å². The molecule has 0 nitrogen and oxygen atoms in total. The van der Waals surface area contributed by atoms with E-state index < -0.39 is 0 Å². The second kappa shape index (κ2) is 24.4. The van der Waals surface area contributed by atoms with E-state index >= 15 is 0 Å². The van der Waals surface area contributed by atoms with Crippen LogP contribution in [0.3, 0.4) is 0 Å². The van der Waals surface area contributed by atoms with Gasteiger partial charge in [-0.2, -0.15) is 48.8 Å². The maximum Gasteiger partial charge on any atom is 0.0174 e. The van der Waals surface area contributed by atoms with Crippen LogP contribution in [-0.2, 0) is 0 Å². The van der Waals surface area contributed by atoms with Crippen LogP contribution in [0.5, 0.6) is 0 Å². The monoisotopic (exact) mass is 464 g/mol. The van der Waals surface area contributed by atoms with Crippen molar-refractivity contribution in [2.45, 2.75) is 114 Å². The Kier molecular flexibility index (Phi) is 25.4. The van der Waals surface area contributed by atoms with Crippen LogP contribution in [0.25, 0.3) is 0 Å². The molecule has 0 fully saturated rings. The van der Waals surface area contributed by atoms with Crippen LogP contribution in [-0.4, -0.2) is 33.5 Å². The third-order valence-electron chi connectivity index (χ3n) is 5.04. The summed E-state index contributed by atoms with van der Waals surface area (Å²) in [4.78, 5) is 0. The molecular formula is C24H48S4. The van der Waals surface area contributed by atoms with Gasteiger partial charge in [0.2, 0.25) is 0 Å². The van der Waals surface area contributed by atoms with E-state index in [1.807, 2.05) is 0 Å². The van der Waals surface area contributed by atoms with Crippen molar-refractivity contribution in [2.24, 2.45) is 0 Å². The lowest BCUT2D eigenvalue weighted by Gasteiger charge is -2.26. The van der Waals surface area contributed by atoms with Gasteiger partial charge in [0.05, 0.1) is 0 Å². The number of rotatable bonds is 22. The van der Waals surface area contributed by atoms with Crippen molar-refractivity contribution >= 4 is 48.8 Å². The van der Waals surface area contributed by atoms with Gasteiger partial charge in [-0.05, 0) is 62.2 Å². The summed E-state index contributed by atoms with van der Waals surface area (Å²) in [6.07, 6.45) is 23.9. The maximum atomic E-state index is 4.51. The molecule has 4 heteroatoms.